The molecule has 0 saturated carbocycles. The Labute approximate surface area is 162 Å². The highest BCUT2D eigenvalue weighted by molar-refractivity contribution is 5.84. The monoisotopic (exact) mass is 374 g/mol. The summed E-state index contributed by atoms with van der Waals surface area (Å²) in [5.74, 6) is 0.967. The Bertz CT molecular complexity index is 1110. The molecule has 0 aliphatic rings. The second kappa shape index (κ2) is 7.84. The molecule has 7 heteroatoms. The zero-order chi connectivity index (χ0) is 19.5. The summed E-state index contributed by atoms with van der Waals surface area (Å²) in [7, 11) is 0. The minimum absolute atomic E-state index is 0.0582. The van der Waals surface area contributed by atoms with Gasteiger partial charge in [0.15, 0.2) is 11.6 Å². The Morgan fingerprint density at radius 1 is 1.14 bits per heavy atom. The van der Waals surface area contributed by atoms with E-state index in [2.05, 4.69) is 22.0 Å². The summed E-state index contributed by atoms with van der Waals surface area (Å²) in [6, 6.07) is 13.8. The van der Waals surface area contributed by atoms with Crippen molar-refractivity contribution >= 4 is 10.9 Å². The van der Waals surface area contributed by atoms with Crippen LogP contribution in [0.25, 0.3) is 28.0 Å². The van der Waals surface area contributed by atoms with Crippen molar-refractivity contribution in [2.45, 2.75) is 32.4 Å². The Hall–Kier alpha value is -3.16. The van der Waals surface area contributed by atoms with Gasteiger partial charge in [0.1, 0.15) is 6.61 Å². The van der Waals surface area contributed by atoms with Gasteiger partial charge in [0.05, 0.1) is 23.1 Å². The molecule has 0 fully saturated rings. The molecule has 1 aromatic carbocycles. The molecule has 0 radical (unpaired) electrons. The van der Waals surface area contributed by atoms with Gasteiger partial charge in [-0.05, 0) is 24.6 Å². The summed E-state index contributed by atoms with van der Waals surface area (Å²) in [4.78, 5) is 13.2. The lowest BCUT2D eigenvalue weighted by Gasteiger charge is -2.11. The lowest BCUT2D eigenvalue weighted by molar-refractivity contribution is 0.271. The van der Waals surface area contributed by atoms with Crippen molar-refractivity contribution < 1.29 is 5.11 Å². The van der Waals surface area contributed by atoms with E-state index in [-0.39, 0.29) is 12.6 Å². The fraction of sp³-hybridized carbons (Fsp3) is 0.238. The van der Waals surface area contributed by atoms with Crippen LogP contribution in [0.3, 0.4) is 0 Å². The number of fused-ring (bicyclic) bond motifs is 1. The van der Waals surface area contributed by atoms with Crippen LogP contribution in [-0.2, 0) is 6.61 Å². The molecule has 0 aliphatic carbocycles. The molecule has 1 atom stereocenters. The van der Waals surface area contributed by atoms with Crippen molar-refractivity contribution in [1.29, 1.82) is 0 Å². The Morgan fingerprint density at radius 3 is 2.86 bits per heavy atom. The van der Waals surface area contributed by atoms with Crippen molar-refractivity contribution in [3.05, 3.63) is 66.4 Å². The standard InChI is InChI=1S/C21H22N6O/c1-2-4-16(22)18-6-3-5-17(25-18)14-7-8-15-12-24-27(19(15)11-14)21-9-10-23-20(13-28)26-21/h3,5-12,16,28H,2,4,13,22H2,1H3. The van der Waals surface area contributed by atoms with Crippen molar-refractivity contribution in [3.63, 3.8) is 0 Å². The second-order valence-electron chi connectivity index (χ2n) is 6.66. The summed E-state index contributed by atoms with van der Waals surface area (Å²) in [5.41, 5.74) is 9.90. The molecule has 142 valence electrons. The Morgan fingerprint density at radius 2 is 2.04 bits per heavy atom. The van der Waals surface area contributed by atoms with E-state index < -0.39 is 0 Å². The summed E-state index contributed by atoms with van der Waals surface area (Å²) in [6.45, 7) is 1.90. The second-order valence-corrected chi connectivity index (χ2v) is 6.66. The molecule has 0 aliphatic heterocycles. The predicted octanol–water partition coefficient (Wildman–Crippen LogP) is 3.17. The van der Waals surface area contributed by atoms with Crippen molar-refractivity contribution in [2.24, 2.45) is 5.73 Å². The minimum atomic E-state index is -0.215. The van der Waals surface area contributed by atoms with Crippen LogP contribution in [-0.4, -0.2) is 29.8 Å². The molecule has 0 spiro atoms. The van der Waals surface area contributed by atoms with Crippen LogP contribution in [0.5, 0.6) is 0 Å². The minimum Gasteiger partial charge on any atom is -0.388 e. The van der Waals surface area contributed by atoms with Gasteiger partial charge < -0.3 is 10.8 Å². The maximum atomic E-state index is 9.30. The van der Waals surface area contributed by atoms with Gasteiger partial charge in [0.25, 0.3) is 0 Å². The Balaban J connectivity index is 1.77. The number of hydrogen-bond acceptors (Lipinski definition) is 6. The molecule has 0 saturated heterocycles. The highest BCUT2D eigenvalue weighted by Crippen LogP contribution is 2.26. The first-order chi connectivity index (χ1) is 13.7. The fourth-order valence-corrected chi connectivity index (χ4v) is 3.22. The van der Waals surface area contributed by atoms with E-state index in [0.717, 1.165) is 40.7 Å². The molecule has 7 nitrogen and oxygen atoms in total. The van der Waals surface area contributed by atoms with E-state index >= 15 is 0 Å². The van der Waals surface area contributed by atoms with Gasteiger partial charge >= 0.3 is 0 Å². The number of rotatable bonds is 6. The highest BCUT2D eigenvalue weighted by atomic mass is 16.3. The predicted molar refractivity (Wildman–Crippen MR) is 108 cm³/mol. The molecule has 1 unspecified atom stereocenters. The number of hydrogen-bond donors (Lipinski definition) is 2. The fourth-order valence-electron chi connectivity index (χ4n) is 3.22. The van der Waals surface area contributed by atoms with E-state index in [0.29, 0.717) is 11.6 Å². The molecule has 4 aromatic rings. The lowest BCUT2D eigenvalue weighted by Crippen LogP contribution is -2.11. The first kappa shape index (κ1) is 18.2. The highest BCUT2D eigenvalue weighted by Gasteiger charge is 2.11. The third-order valence-corrected chi connectivity index (χ3v) is 4.67. The topological polar surface area (TPSA) is 103 Å². The SMILES string of the molecule is CCCC(N)c1cccc(-c2ccc3cnn(-c4ccnc(CO)n4)c3c2)n1. The van der Waals surface area contributed by atoms with Gasteiger partial charge in [-0.15, -0.1) is 0 Å². The van der Waals surface area contributed by atoms with Crippen LogP contribution >= 0.6 is 0 Å². The number of aliphatic hydroxyl groups excluding tert-OH is 1. The number of benzene rings is 1. The van der Waals surface area contributed by atoms with E-state index in [9.17, 15) is 5.11 Å². The van der Waals surface area contributed by atoms with Crippen LogP contribution < -0.4 is 5.73 Å². The Kier molecular flexibility index (Phi) is 5.10. The van der Waals surface area contributed by atoms with E-state index in [4.69, 9.17) is 10.7 Å². The third kappa shape index (κ3) is 3.49. The zero-order valence-corrected chi connectivity index (χ0v) is 15.7. The quantitative estimate of drug-likeness (QED) is 0.537. The van der Waals surface area contributed by atoms with Crippen LogP contribution in [0.2, 0.25) is 0 Å². The maximum absolute atomic E-state index is 9.30. The summed E-state index contributed by atoms with van der Waals surface area (Å²) >= 11 is 0. The van der Waals surface area contributed by atoms with Crippen LogP contribution in [0, 0.1) is 0 Å². The molecule has 4 rings (SSSR count). The van der Waals surface area contributed by atoms with Gasteiger partial charge in [-0.25, -0.2) is 14.6 Å². The molecule has 0 bridgehead atoms. The van der Waals surface area contributed by atoms with Gasteiger partial charge in [-0.1, -0.05) is 31.5 Å². The van der Waals surface area contributed by atoms with E-state index in [1.54, 1.807) is 23.1 Å². The first-order valence-electron chi connectivity index (χ1n) is 9.33. The summed E-state index contributed by atoms with van der Waals surface area (Å²) in [6.07, 6.45) is 5.34. The van der Waals surface area contributed by atoms with E-state index in [1.807, 2.05) is 36.4 Å². The molecule has 3 N–H and O–H groups in total. The first-order valence-corrected chi connectivity index (χ1v) is 9.33. The van der Waals surface area contributed by atoms with Gasteiger partial charge in [0, 0.05) is 29.3 Å². The normalized spacial score (nSPS) is 12.4. The smallest absolute Gasteiger partial charge is 0.157 e. The molecule has 3 heterocycles. The molecular formula is C21H22N6O. The maximum Gasteiger partial charge on any atom is 0.157 e. The van der Waals surface area contributed by atoms with Gasteiger partial charge in [-0.3, -0.25) is 4.98 Å². The third-order valence-electron chi connectivity index (χ3n) is 4.67. The number of aliphatic hydroxyl groups is 1. The van der Waals surface area contributed by atoms with Crippen LogP contribution in [0.1, 0.15) is 37.3 Å². The average molecular weight is 374 g/mol. The molecule has 0 amide bonds. The molecular weight excluding hydrogens is 352 g/mol. The number of aromatic nitrogens is 5. The van der Waals surface area contributed by atoms with Crippen LogP contribution in [0.15, 0.2) is 54.9 Å². The lowest BCUT2D eigenvalue weighted by atomic mass is 10.1. The zero-order valence-electron chi connectivity index (χ0n) is 15.7. The van der Waals surface area contributed by atoms with E-state index in [1.165, 1.54) is 0 Å². The summed E-state index contributed by atoms with van der Waals surface area (Å²) < 4.78 is 1.74. The van der Waals surface area contributed by atoms with Crippen molar-refractivity contribution in [3.8, 4) is 17.1 Å². The van der Waals surface area contributed by atoms with Crippen molar-refractivity contribution in [2.75, 3.05) is 0 Å². The summed E-state index contributed by atoms with van der Waals surface area (Å²) in [5, 5.41) is 14.7. The largest absolute Gasteiger partial charge is 0.388 e. The molecule has 3 aromatic heterocycles. The molecule has 28 heavy (non-hydrogen) atoms. The van der Waals surface area contributed by atoms with Gasteiger partial charge in [-0.2, -0.15) is 5.10 Å². The average Bonchev–Trinajstić information content (AvgIpc) is 3.17. The van der Waals surface area contributed by atoms with Gasteiger partial charge in [0.2, 0.25) is 0 Å². The number of nitrogens with zero attached hydrogens (tertiary/aromatic N) is 5. The van der Waals surface area contributed by atoms with Crippen LogP contribution in [0.4, 0.5) is 0 Å². The van der Waals surface area contributed by atoms with Crippen molar-refractivity contribution in [1.82, 2.24) is 24.7 Å². The number of pyridine rings is 1. The number of nitrogens with two attached hydrogens (primary N) is 1.